The number of fused-ring (bicyclic) bond motifs is 1. The van der Waals surface area contributed by atoms with Gasteiger partial charge < -0.3 is 24.4 Å². The third kappa shape index (κ3) is 3.09. The minimum Gasteiger partial charge on any atom is -0.493 e. The van der Waals surface area contributed by atoms with Crippen LogP contribution in [0.15, 0.2) is 18.2 Å². The Morgan fingerprint density at radius 3 is 2.36 bits per heavy atom. The molecule has 2 aromatic rings. The van der Waals surface area contributed by atoms with Gasteiger partial charge in [0.1, 0.15) is 5.82 Å². The van der Waals surface area contributed by atoms with Gasteiger partial charge in [-0.05, 0) is 19.9 Å². The zero-order chi connectivity index (χ0) is 17.4. The molecule has 2 aromatic heterocycles. The average Bonchev–Trinajstić information content (AvgIpc) is 2.61. The summed E-state index contributed by atoms with van der Waals surface area (Å²) in [6.07, 6.45) is 0. The molecule has 0 amide bonds. The van der Waals surface area contributed by atoms with E-state index in [4.69, 9.17) is 14.5 Å². The quantitative estimate of drug-likeness (QED) is 0.890. The predicted octanol–water partition coefficient (Wildman–Crippen LogP) is 1.79. The van der Waals surface area contributed by atoms with Crippen LogP contribution in [0.3, 0.4) is 0 Å². The Bertz CT molecular complexity index is 769. The third-order valence-corrected chi connectivity index (χ3v) is 4.96. The predicted molar refractivity (Wildman–Crippen MR) is 96.5 cm³/mol. The van der Waals surface area contributed by atoms with Gasteiger partial charge in [0.25, 0.3) is 0 Å². The van der Waals surface area contributed by atoms with Crippen LogP contribution in [0.4, 0.5) is 11.5 Å². The first-order valence-corrected chi connectivity index (χ1v) is 8.83. The fraction of sp³-hybridized carbons (Fsp3) is 0.556. The van der Waals surface area contributed by atoms with Crippen molar-refractivity contribution in [2.45, 2.75) is 25.9 Å². The highest BCUT2D eigenvalue weighted by molar-refractivity contribution is 5.92. The van der Waals surface area contributed by atoms with Crippen LogP contribution in [0.25, 0.3) is 11.0 Å². The fourth-order valence-electron chi connectivity index (χ4n) is 3.60. The van der Waals surface area contributed by atoms with Gasteiger partial charge in [0.05, 0.1) is 38.2 Å². The Morgan fingerprint density at radius 2 is 1.68 bits per heavy atom. The van der Waals surface area contributed by atoms with E-state index < -0.39 is 0 Å². The Hall–Kier alpha value is -2.12. The summed E-state index contributed by atoms with van der Waals surface area (Å²) in [4.78, 5) is 13.6. The van der Waals surface area contributed by atoms with Crippen LogP contribution in [-0.2, 0) is 9.47 Å². The molecule has 134 valence electrons. The van der Waals surface area contributed by atoms with Crippen molar-refractivity contribution in [3.63, 3.8) is 0 Å². The largest absolute Gasteiger partial charge is 0.493 e. The normalized spacial score (nSPS) is 24.7. The number of pyridine rings is 2. The second-order valence-corrected chi connectivity index (χ2v) is 6.77. The van der Waals surface area contributed by atoms with Crippen molar-refractivity contribution in [3.05, 3.63) is 18.2 Å². The van der Waals surface area contributed by atoms with E-state index in [1.807, 2.05) is 6.07 Å². The number of morpholine rings is 2. The molecule has 0 aromatic carbocycles. The van der Waals surface area contributed by atoms with Gasteiger partial charge >= 0.3 is 0 Å². The van der Waals surface area contributed by atoms with E-state index >= 15 is 0 Å². The van der Waals surface area contributed by atoms with E-state index in [1.165, 1.54) is 0 Å². The van der Waals surface area contributed by atoms with Crippen LogP contribution in [0.1, 0.15) is 13.8 Å². The summed E-state index contributed by atoms with van der Waals surface area (Å²) in [5.74, 6) is 0.878. The maximum atomic E-state index is 9.82. The van der Waals surface area contributed by atoms with Crippen molar-refractivity contribution in [3.8, 4) is 5.88 Å². The van der Waals surface area contributed by atoms with Crippen molar-refractivity contribution in [1.29, 1.82) is 0 Å². The second kappa shape index (κ2) is 6.65. The molecule has 25 heavy (non-hydrogen) atoms. The fourth-order valence-corrected chi connectivity index (χ4v) is 3.60. The van der Waals surface area contributed by atoms with Gasteiger partial charge in [0, 0.05) is 36.7 Å². The maximum Gasteiger partial charge on any atom is 0.212 e. The van der Waals surface area contributed by atoms with E-state index in [-0.39, 0.29) is 18.0 Å². The van der Waals surface area contributed by atoms with Crippen molar-refractivity contribution in [2.75, 3.05) is 49.3 Å². The molecule has 0 spiro atoms. The molecule has 0 bridgehead atoms. The van der Waals surface area contributed by atoms with Crippen LogP contribution in [-0.4, -0.2) is 66.7 Å². The third-order valence-electron chi connectivity index (χ3n) is 4.96. The molecule has 1 N–H and O–H groups in total. The molecule has 7 nitrogen and oxygen atoms in total. The lowest BCUT2D eigenvalue weighted by atomic mass is 10.1. The lowest BCUT2D eigenvalue weighted by Crippen LogP contribution is -2.45. The van der Waals surface area contributed by atoms with Crippen molar-refractivity contribution in [2.24, 2.45) is 0 Å². The summed E-state index contributed by atoms with van der Waals surface area (Å²) in [7, 11) is 0. The van der Waals surface area contributed by atoms with Crippen LogP contribution in [0.5, 0.6) is 5.88 Å². The number of rotatable bonds is 2. The summed E-state index contributed by atoms with van der Waals surface area (Å²) in [6, 6.07) is 6.20. The Kier molecular flexibility index (Phi) is 4.35. The maximum absolute atomic E-state index is 9.82. The molecular weight excluding hydrogens is 320 g/mol. The van der Waals surface area contributed by atoms with Gasteiger partial charge in [-0.15, -0.1) is 0 Å². The molecule has 2 aliphatic heterocycles. The van der Waals surface area contributed by atoms with Gasteiger partial charge in [-0.2, -0.15) is 4.98 Å². The topological polar surface area (TPSA) is 71.0 Å². The molecule has 2 saturated heterocycles. The molecule has 2 fully saturated rings. The van der Waals surface area contributed by atoms with E-state index in [0.717, 1.165) is 30.0 Å². The molecule has 4 rings (SSSR count). The van der Waals surface area contributed by atoms with Crippen molar-refractivity contribution >= 4 is 22.5 Å². The molecule has 4 heterocycles. The molecule has 2 atom stereocenters. The zero-order valence-electron chi connectivity index (χ0n) is 14.7. The highest BCUT2D eigenvalue weighted by Crippen LogP contribution is 2.33. The average molecular weight is 344 g/mol. The molecular formula is C18H24N4O3. The lowest BCUT2D eigenvalue weighted by molar-refractivity contribution is 0.0981. The molecule has 0 radical (unpaired) electrons. The molecule has 0 aliphatic carbocycles. The highest BCUT2D eigenvalue weighted by atomic mass is 16.5. The van der Waals surface area contributed by atoms with Gasteiger partial charge in [-0.1, -0.05) is 0 Å². The van der Waals surface area contributed by atoms with Crippen LogP contribution in [0.2, 0.25) is 0 Å². The molecule has 7 heteroatoms. The number of ether oxygens (including phenoxy) is 2. The zero-order valence-corrected chi connectivity index (χ0v) is 14.7. The highest BCUT2D eigenvalue weighted by Gasteiger charge is 2.26. The molecule has 0 saturated carbocycles. The summed E-state index contributed by atoms with van der Waals surface area (Å²) in [5.41, 5.74) is 1.67. The molecule has 2 aliphatic rings. The molecule has 0 unspecified atom stereocenters. The Morgan fingerprint density at radius 1 is 1.00 bits per heavy atom. The summed E-state index contributed by atoms with van der Waals surface area (Å²) in [6.45, 7) is 8.74. The van der Waals surface area contributed by atoms with Gasteiger partial charge in [0.2, 0.25) is 5.88 Å². The van der Waals surface area contributed by atoms with Crippen LogP contribution in [0, 0.1) is 0 Å². The first-order valence-electron chi connectivity index (χ1n) is 8.83. The van der Waals surface area contributed by atoms with E-state index in [0.29, 0.717) is 32.1 Å². The number of nitrogens with zero attached hydrogens (tertiary/aromatic N) is 4. The van der Waals surface area contributed by atoms with Crippen LogP contribution < -0.4 is 9.80 Å². The SMILES string of the molecule is C[C@H]1COCCN1c1cc(N2CCOC[C@@H]2C)c2ccc(O)nc2n1. The summed E-state index contributed by atoms with van der Waals surface area (Å²) < 4.78 is 11.1. The number of aromatic nitrogens is 2. The number of aromatic hydroxyl groups is 1. The minimum absolute atomic E-state index is 0.00634. The van der Waals surface area contributed by atoms with E-state index in [2.05, 4.69) is 34.7 Å². The van der Waals surface area contributed by atoms with Gasteiger partial charge in [0.15, 0.2) is 5.65 Å². The lowest BCUT2D eigenvalue weighted by Gasteiger charge is -2.38. The second-order valence-electron chi connectivity index (χ2n) is 6.77. The Labute approximate surface area is 147 Å². The van der Waals surface area contributed by atoms with E-state index in [1.54, 1.807) is 6.07 Å². The first-order chi connectivity index (χ1) is 12.1. The van der Waals surface area contributed by atoms with Crippen molar-refractivity contribution < 1.29 is 14.6 Å². The van der Waals surface area contributed by atoms with Gasteiger partial charge in [-0.25, -0.2) is 4.98 Å². The van der Waals surface area contributed by atoms with Crippen molar-refractivity contribution in [1.82, 2.24) is 9.97 Å². The monoisotopic (exact) mass is 344 g/mol. The Balaban J connectivity index is 1.84. The summed E-state index contributed by atoms with van der Waals surface area (Å²) in [5, 5.41) is 10.8. The van der Waals surface area contributed by atoms with Gasteiger partial charge in [-0.3, -0.25) is 0 Å². The minimum atomic E-state index is -0.00634. The smallest absolute Gasteiger partial charge is 0.212 e. The number of hydrogen-bond donors (Lipinski definition) is 1. The number of anilines is 2. The first kappa shape index (κ1) is 16.4. The number of hydrogen-bond acceptors (Lipinski definition) is 7. The van der Waals surface area contributed by atoms with E-state index in [9.17, 15) is 5.11 Å². The van der Waals surface area contributed by atoms with Crippen LogP contribution >= 0.6 is 0 Å². The standard InChI is InChI=1S/C18H24N4O3/c1-12-10-24-7-5-21(12)15-9-16(22-6-8-25-11-13(22)2)19-18-14(15)3-4-17(23)20-18/h3-4,9,12-13H,5-8,10-11H2,1-2H3,(H,19,20,23)/t12-,13-/m0/s1. The summed E-state index contributed by atoms with van der Waals surface area (Å²) >= 11 is 0.